The molecule has 25 heavy (non-hydrogen) atoms. The molecule has 0 N–H and O–H groups in total. The van der Waals surface area contributed by atoms with E-state index in [1.807, 2.05) is 0 Å². The number of pyridine rings is 1. The molecule has 3 aromatic rings. The van der Waals surface area contributed by atoms with Crippen molar-refractivity contribution in [1.29, 1.82) is 0 Å². The summed E-state index contributed by atoms with van der Waals surface area (Å²) in [6, 6.07) is 7.84. The summed E-state index contributed by atoms with van der Waals surface area (Å²) in [5, 5.41) is 11.6. The van der Waals surface area contributed by atoms with E-state index in [4.69, 9.17) is 0 Å². The molecule has 1 fully saturated rings. The van der Waals surface area contributed by atoms with Crippen molar-refractivity contribution in [2.45, 2.75) is 12.8 Å². The Balaban J connectivity index is 1.85. The standard InChI is InChI=1S/C17H15N5O3/c23-16-12-11-18-17(20-8-3-4-9-20)19-13(12)7-10-21(16)14-5-1-2-6-15(14)22(24)25/h1-2,5-7,10-11H,3-4,8-9H2. The molecule has 0 saturated carbocycles. The molecule has 3 heterocycles. The molecule has 0 amide bonds. The predicted molar refractivity (Wildman–Crippen MR) is 93.2 cm³/mol. The Labute approximate surface area is 142 Å². The minimum Gasteiger partial charge on any atom is -0.341 e. The number of nitro benzene ring substituents is 1. The van der Waals surface area contributed by atoms with Gasteiger partial charge in [0.1, 0.15) is 5.69 Å². The van der Waals surface area contributed by atoms with Gasteiger partial charge in [0.15, 0.2) is 0 Å². The molecule has 1 aliphatic rings. The number of fused-ring (bicyclic) bond motifs is 1. The summed E-state index contributed by atoms with van der Waals surface area (Å²) in [7, 11) is 0. The van der Waals surface area contributed by atoms with Gasteiger partial charge in [0, 0.05) is 31.5 Å². The van der Waals surface area contributed by atoms with Gasteiger partial charge in [0.2, 0.25) is 5.95 Å². The van der Waals surface area contributed by atoms with Gasteiger partial charge in [0.05, 0.1) is 15.8 Å². The molecule has 0 atom stereocenters. The van der Waals surface area contributed by atoms with Crippen LogP contribution in [0.5, 0.6) is 0 Å². The molecule has 1 saturated heterocycles. The number of nitrogens with zero attached hydrogens (tertiary/aromatic N) is 5. The van der Waals surface area contributed by atoms with Gasteiger partial charge in [-0.3, -0.25) is 19.5 Å². The van der Waals surface area contributed by atoms with E-state index in [0.717, 1.165) is 25.9 Å². The molecule has 0 unspecified atom stereocenters. The van der Waals surface area contributed by atoms with Crippen LogP contribution < -0.4 is 10.5 Å². The van der Waals surface area contributed by atoms with E-state index in [2.05, 4.69) is 14.9 Å². The molecule has 8 heteroatoms. The third-order valence-electron chi connectivity index (χ3n) is 4.36. The zero-order chi connectivity index (χ0) is 17.4. The maximum atomic E-state index is 12.8. The van der Waals surface area contributed by atoms with Crippen LogP contribution in [0.25, 0.3) is 16.6 Å². The highest BCUT2D eigenvalue weighted by Gasteiger charge is 2.18. The lowest BCUT2D eigenvalue weighted by Gasteiger charge is -2.15. The smallest absolute Gasteiger partial charge is 0.293 e. The van der Waals surface area contributed by atoms with E-state index >= 15 is 0 Å². The summed E-state index contributed by atoms with van der Waals surface area (Å²) in [5.41, 5.74) is 0.262. The third-order valence-corrected chi connectivity index (χ3v) is 4.36. The van der Waals surface area contributed by atoms with Crippen molar-refractivity contribution in [2.24, 2.45) is 0 Å². The van der Waals surface area contributed by atoms with Crippen LogP contribution in [0.4, 0.5) is 11.6 Å². The summed E-state index contributed by atoms with van der Waals surface area (Å²) in [4.78, 5) is 34.4. The van der Waals surface area contributed by atoms with Crippen LogP contribution in [0.1, 0.15) is 12.8 Å². The number of hydrogen-bond donors (Lipinski definition) is 0. The normalized spacial score (nSPS) is 14.2. The van der Waals surface area contributed by atoms with E-state index in [1.54, 1.807) is 24.3 Å². The number of nitro groups is 1. The first-order valence-corrected chi connectivity index (χ1v) is 8.02. The number of benzene rings is 1. The monoisotopic (exact) mass is 337 g/mol. The molecule has 0 aliphatic carbocycles. The lowest BCUT2D eigenvalue weighted by molar-refractivity contribution is -0.384. The molecule has 1 aliphatic heterocycles. The van der Waals surface area contributed by atoms with Gasteiger partial charge in [-0.2, -0.15) is 0 Å². The maximum absolute atomic E-state index is 12.8. The highest BCUT2D eigenvalue weighted by atomic mass is 16.6. The van der Waals surface area contributed by atoms with Crippen LogP contribution in [-0.2, 0) is 0 Å². The highest BCUT2D eigenvalue weighted by molar-refractivity contribution is 5.78. The molecular weight excluding hydrogens is 322 g/mol. The second kappa shape index (κ2) is 5.97. The minimum absolute atomic E-state index is 0.126. The number of hydrogen-bond acceptors (Lipinski definition) is 6. The van der Waals surface area contributed by atoms with Crippen LogP contribution in [0.3, 0.4) is 0 Å². The van der Waals surface area contributed by atoms with Gasteiger partial charge in [-0.15, -0.1) is 0 Å². The number of rotatable bonds is 3. The van der Waals surface area contributed by atoms with E-state index in [1.165, 1.54) is 23.0 Å². The van der Waals surface area contributed by atoms with E-state index in [-0.39, 0.29) is 16.9 Å². The van der Waals surface area contributed by atoms with Crippen molar-refractivity contribution >= 4 is 22.5 Å². The summed E-state index contributed by atoms with van der Waals surface area (Å²) in [5.74, 6) is 0.618. The van der Waals surface area contributed by atoms with Crippen LogP contribution in [0.2, 0.25) is 0 Å². The number of para-hydroxylation sites is 2. The van der Waals surface area contributed by atoms with Gasteiger partial charge in [-0.05, 0) is 25.0 Å². The zero-order valence-corrected chi connectivity index (χ0v) is 13.3. The van der Waals surface area contributed by atoms with Gasteiger partial charge in [-0.25, -0.2) is 9.97 Å². The highest BCUT2D eigenvalue weighted by Crippen LogP contribution is 2.22. The van der Waals surface area contributed by atoms with E-state index in [9.17, 15) is 14.9 Å². The molecule has 0 spiro atoms. The Kier molecular flexibility index (Phi) is 3.64. The topological polar surface area (TPSA) is 94.2 Å². The summed E-state index contributed by atoms with van der Waals surface area (Å²) in [6.07, 6.45) is 5.25. The molecule has 0 bridgehead atoms. The second-order valence-corrected chi connectivity index (χ2v) is 5.90. The molecule has 1 aromatic carbocycles. The van der Waals surface area contributed by atoms with E-state index < -0.39 is 4.92 Å². The SMILES string of the molecule is O=c1c2cnc(N3CCCC3)nc2ccn1-c1ccccc1[N+](=O)[O-]. The van der Waals surface area contributed by atoms with Crippen molar-refractivity contribution in [2.75, 3.05) is 18.0 Å². The molecule has 2 aromatic heterocycles. The lowest BCUT2D eigenvalue weighted by Crippen LogP contribution is -2.22. The van der Waals surface area contributed by atoms with Crippen LogP contribution >= 0.6 is 0 Å². The Morgan fingerprint density at radius 3 is 2.64 bits per heavy atom. The van der Waals surface area contributed by atoms with Crippen molar-refractivity contribution in [3.63, 3.8) is 0 Å². The summed E-state index contributed by atoms with van der Waals surface area (Å²) >= 11 is 0. The van der Waals surface area contributed by atoms with Crippen molar-refractivity contribution < 1.29 is 4.92 Å². The molecule has 8 nitrogen and oxygen atoms in total. The van der Waals surface area contributed by atoms with Crippen molar-refractivity contribution in [3.05, 3.63) is 63.2 Å². The quantitative estimate of drug-likeness (QED) is 0.537. The molecular formula is C17H15N5O3. The first-order valence-electron chi connectivity index (χ1n) is 8.02. The third kappa shape index (κ3) is 2.61. The fourth-order valence-corrected chi connectivity index (χ4v) is 3.10. The lowest BCUT2D eigenvalue weighted by atomic mass is 10.2. The Morgan fingerprint density at radius 1 is 1.12 bits per heavy atom. The average Bonchev–Trinajstić information content (AvgIpc) is 3.16. The first kappa shape index (κ1) is 15.3. The summed E-state index contributed by atoms with van der Waals surface area (Å²) in [6.45, 7) is 1.83. The van der Waals surface area contributed by atoms with Crippen LogP contribution in [0, 0.1) is 10.1 Å². The minimum atomic E-state index is -0.501. The molecule has 0 radical (unpaired) electrons. The molecule has 4 rings (SSSR count). The molecule has 126 valence electrons. The fourth-order valence-electron chi connectivity index (χ4n) is 3.10. The first-order chi connectivity index (χ1) is 12.1. The Hall–Kier alpha value is -3.29. The van der Waals surface area contributed by atoms with Gasteiger partial charge in [0.25, 0.3) is 11.2 Å². The van der Waals surface area contributed by atoms with E-state index in [0.29, 0.717) is 16.9 Å². The number of aromatic nitrogens is 3. The zero-order valence-electron chi connectivity index (χ0n) is 13.3. The van der Waals surface area contributed by atoms with Gasteiger partial charge in [-0.1, -0.05) is 12.1 Å². The average molecular weight is 337 g/mol. The van der Waals surface area contributed by atoms with Crippen LogP contribution in [-0.4, -0.2) is 32.5 Å². The van der Waals surface area contributed by atoms with Gasteiger partial charge < -0.3 is 4.90 Å². The fraction of sp³-hybridized carbons (Fsp3) is 0.235. The van der Waals surface area contributed by atoms with Gasteiger partial charge >= 0.3 is 0 Å². The maximum Gasteiger partial charge on any atom is 0.293 e. The predicted octanol–water partition coefficient (Wildman–Crippen LogP) is 2.29. The summed E-state index contributed by atoms with van der Waals surface area (Å²) < 4.78 is 1.26. The Morgan fingerprint density at radius 2 is 1.88 bits per heavy atom. The van der Waals surface area contributed by atoms with Crippen molar-refractivity contribution in [3.8, 4) is 5.69 Å². The Bertz CT molecular complexity index is 1020. The number of anilines is 1. The second-order valence-electron chi connectivity index (χ2n) is 5.90. The van der Waals surface area contributed by atoms with Crippen molar-refractivity contribution in [1.82, 2.24) is 14.5 Å². The van der Waals surface area contributed by atoms with Crippen LogP contribution in [0.15, 0.2) is 47.5 Å². The largest absolute Gasteiger partial charge is 0.341 e.